The van der Waals surface area contributed by atoms with Crippen molar-refractivity contribution in [2.24, 2.45) is 0 Å². The Bertz CT molecular complexity index is 827. The maximum atomic E-state index is 12.3. The zero-order valence-electron chi connectivity index (χ0n) is 14.5. The molecule has 0 saturated heterocycles. The fourth-order valence-corrected chi connectivity index (χ4v) is 3.53. The second-order valence-corrected chi connectivity index (χ2v) is 7.22. The van der Waals surface area contributed by atoms with E-state index in [-0.39, 0.29) is 18.6 Å². The van der Waals surface area contributed by atoms with Crippen LogP contribution in [0, 0.1) is 0 Å². The standard InChI is InChI=1S/C19H19BrClNO4/c1-3-24-18-7-12-6-11(2)26-17(12)9-15(18)22-19(23)10-25-16-5-4-13(21)8-14(16)20/h4-5,7-9,11H,3,6,10H2,1-2H3,(H,22,23). The fourth-order valence-electron chi connectivity index (χ4n) is 2.73. The van der Waals surface area contributed by atoms with E-state index >= 15 is 0 Å². The molecule has 1 heterocycles. The quantitative estimate of drug-likeness (QED) is 0.698. The minimum atomic E-state index is -0.293. The average molecular weight is 441 g/mol. The molecule has 0 bridgehead atoms. The lowest BCUT2D eigenvalue weighted by Gasteiger charge is -2.14. The molecule has 0 aromatic heterocycles. The Morgan fingerprint density at radius 3 is 2.85 bits per heavy atom. The molecule has 1 atom stereocenters. The van der Waals surface area contributed by atoms with Gasteiger partial charge in [0, 0.05) is 23.1 Å². The smallest absolute Gasteiger partial charge is 0.262 e. The number of rotatable bonds is 6. The molecule has 1 aliphatic rings. The Kier molecular flexibility index (Phi) is 5.94. The van der Waals surface area contributed by atoms with E-state index in [1.807, 2.05) is 19.9 Å². The first-order valence-corrected chi connectivity index (χ1v) is 9.47. The van der Waals surface area contributed by atoms with Crippen LogP contribution in [0.1, 0.15) is 19.4 Å². The Hall–Kier alpha value is -1.92. The lowest BCUT2D eigenvalue weighted by atomic mass is 10.1. The molecule has 0 aliphatic carbocycles. The Labute approximate surface area is 165 Å². The van der Waals surface area contributed by atoms with Gasteiger partial charge in [0.2, 0.25) is 0 Å². The monoisotopic (exact) mass is 439 g/mol. The van der Waals surface area contributed by atoms with Gasteiger partial charge in [0.15, 0.2) is 6.61 Å². The number of ether oxygens (including phenoxy) is 3. The Balaban J connectivity index is 1.69. The van der Waals surface area contributed by atoms with Gasteiger partial charge in [0.1, 0.15) is 23.4 Å². The van der Waals surface area contributed by atoms with Crippen LogP contribution in [-0.2, 0) is 11.2 Å². The number of hydrogen-bond acceptors (Lipinski definition) is 4. The Morgan fingerprint density at radius 2 is 2.12 bits per heavy atom. The van der Waals surface area contributed by atoms with Crippen LogP contribution < -0.4 is 19.5 Å². The van der Waals surface area contributed by atoms with Gasteiger partial charge in [-0.05, 0) is 54.0 Å². The lowest BCUT2D eigenvalue weighted by molar-refractivity contribution is -0.118. The van der Waals surface area contributed by atoms with Crippen molar-refractivity contribution in [3.05, 3.63) is 45.4 Å². The predicted molar refractivity (Wildman–Crippen MR) is 105 cm³/mol. The van der Waals surface area contributed by atoms with Crippen molar-refractivity contribution in [3.8, 4) is 17.2 Å². The van der Waals surface area contributed by atoms with Gasteiger partial charge in [-0.2, -0.15) is 0 Å². The van der Waals surface area contributed by atoms with Gasteiger partial charge in [-0.25, -0.2) is 0 Å². The summed E-state index contributed by atoms with van der Waals surface area (Å²) in [6, 6.07) is 8.84. The van der Waals surface area contributed by atoms with E-state index in [2.05, 4.69) is 21.2 Å². The number of amides is 1. The molecular weight excluding hydrogens is 422 g/mol. The first-order valence-electron chi connectivity index (χ1n) is 8.30. The number of carbonyl (C=O) groups is 1. The van der Waals surface area contributed by atoms with Crippen LogP contribution >= 0.6 is 27.5 Å². The molecule has 0 spiro atoms. The third kappa shape index (κ3) is 4.43. The second kappa shape index (κ2) is 8.18. The number of nitrogens with one attached hydrogen (secondary N) is 1. The van der Waals surface area contributed by atoms with Crippen LogP contribution in [-0.4, -0.2) is 25.2 Å². The zero-order chi connectivity index (χ0) is 18.7. The molecule has 5 nitrogen and oxygen atoms in total. The van der Waals surface area contributed by atoms with Crippen LogP contribution in [0.4, 0.5) is 5.69 Å². The molecule has 7 heteroatoms. The van der Waals surface area contributed by atoms with Crippen LogP contribution in [0.2, 0.25) is 5.02 Å². The van der Waals surface area contributed by atoms with E-state index in [0.29, 0.717) is 33.3 Å². The molecule has 0 saturated carbocycles. The molecule has 3 rings (SSSR count). The van der Waals surface area contributed by atoms with Crippen molar-refractivity contribution in [2.45, 2.75) is 26.4 Å². The molecule has 1 N–H and O–H groups in total. The van der Waals surface area contributed by atoms with Gasteiger partial charge in [-0.15, -0.1) is 0 Å². The van der Waals surface area contributed by atoms with E-state index in [4.69, 9.17) is 25.8 Å². The highest BCUT2D eigenvalue weighted by Gasteiger charge is 2.22. The third-order valence-corrected chi connectivity index (χ3v) is 4.68. The highest BCUT2D eigenvalue weighted by atomic mass is 79.9. The summed E-state index contributed by atoms with van der Waals surface area (Å²) in [5, 5.41) is 3.42. The third-order valence-electron chi connectivity index (χ3n) is 3.82. The topological polar surface area (TPSA) is 56.8 Å². The molecule has 2 aromatic rings. The first kappa shape index (κ1) is 18.9. The number of carbonyl (C=O) groups excluding carboxylic acids is 1. The van der Waals surface area contributed by atoms with Crippen molar-refractivity contribution >= 4 is 39.1 Å². The molecule has 1 aliphatic heterocycles. The zero-order valence-corrected chi connectivity index (χ0v) is 16.8. The van der Waals surface area contributed by atoms with Crippen molar-refractivity contribution in [1.29, 1.82) is 0 Å². The first-order chi connectivity index (χ1) is 12.5. The summed E-state index contributed by atoms with van der Waals surface area (Å²) in [4.78, 5) is 12.3. The number of halogens is 2. The highest BCUT2D eigenvalue weighted by molar-refractivity contribution is 9.10. The molecule has 138 valence electrons. The maximum Gasteiger partial charge on any atom is 0.262 e. The van der Waals surface area contributed by atoms with Gasteiger partial charge >= 0.3 is 0 Å². The van der Waals surface area contributed by atoms with Crippen molar-refractivity contribution in [1.82, 2.24) is 0 Å². The normalized spacial score (nSPS) is 15.2. The SMILES string of the molecule is CCOc1cc2c(cc1NC(=O)COc1ccc(Cl)cc1Br)OC(C)C2. The summed E-state index contributed by atoms with van der Waals surface area (Å²) < 4.78 is 17.7. The molecule has 26 heavy (non-hydrogen) atoms. The van der Waals surface area contributed by atoms with Crippen LogP contribution in [0.15, 0.2) is 34.8 Å². The minimum absolute atomic E-state index is 0.121. The predicted octanol–water partition coefficient (Wildman–Crippen LogP) is 4.84. The molecule has 2 aromatic carbocycles. The molecular formula is C19H19BrClNO4. The van der Waals surface area contributed by atoms with Gasteiger partial charge in [0.25, 0.3) is 5.91 Å². The number of benzene rings is 2. The fraction of sp³-hybridized carbons (Fsp3) is 0.316. The summed E-state index contributed by atoms with van der Waals surface area (Å²) in [6.45, 7) is 4.28. The minimum Gasteiger partial charge on any atom is -0.492 e. The van der Waals surface area contributed by atoms with Crippen LogP contribution in [0.5, 0.6) is 17.2 Å². The van der Waals surface area contributed by atoms with E-state index in [1.54, 1.807) is 24.3 Å². The van der Waals surface area contributed by atoms with Crippen molar-refractivity contribution in [3.63, 3.8) is 0 Å². The summed E-state index contributed by atoms with van der Waals surface area (Å²) in [6.07, 6.45) is 0.952. The Morgan fingerprint density at radius 1 is 1.31 bits per heavy atom. The highest BCUT2D eigenvalue weighted by Crippen LogP contribution is 2.38. The molecule has 0 radical (unpaired) electrons. The second-order valence-electron chi connectivity index (χ2n) is 5.93. The summed E-state index contributed by atoms with van der Waals surface area (Å²) in [5.74, 6) is 1.65. The maximum absolute atomic E-state index is 12.3. The summed E-state index contributed by atoms with van der Waals surface area (Å²) in [7, 11) is 0. The van der Waals surface area contributed by atoms with E-state index < -0.39 is 0 Å². The summed E-state index contributed by atoms with van der Waals surface area (Å²) in [5.41, 5.74) is 1.66. The number of hydrogen-bond donors (Lipinski definition) is 1. The van der Waals surface area contributed by atoms with Gasteiger partial charge in [0.05, 0.1) is 16.8 Å². The molecule has 1 unspecified atom stereocenters. The van der Waals surface area contributed by atoms with Crippen LogP contribution in [0.25, 0.3) is 0 Å². The van der Waals surface area contributed by atoms with Crippen molar-refractivity contribution in [2.75, 3.05) is 18.5 Å². The van der Waals surface area contributed by atoms with Gasteiger partial charge in [-0.3, -0.25) is 4.79 Å². The van der Waals surface area contributed by atoms with Crippen molar-refractivity contribution < 1.29 is 19.0 Å². The van der Waals surface area contributed by atoms with E-state index in [0.717, 1.165) is 17.7 Å². The van der Waals surface area contributed by atoms with E-state index in [1.165, 1.54) is 0 Å². The van der Waals surface area contributed by atoms with E-state index in [9.17, 15) is 4.79 Å². The molecule has 0 fully saturated rings. The number of anilines is 1. The van der Waals surface area contributed by atoms with Crippen LogP contribution in [0.3, 0.4) is 0 Å². The average Bonchev–Trinajstić information content (AvgIpc) is 2.93. The number of fused-ring (bicyclic) bond motifs is 1. The largest absolute Gasteiger partial charge is 0.492 e. The van der Waals surface area contributed by atoms with Gasteiger partial charge in [-0.1, -0.05) is 11.6 Å². The molecule has 1 amide bonds. The lowest BCUT2D eigenvalue weighted by Crippen LogP contribution is -2.20. The van der Waals surface area contributed by atoms with Gasteiger partial charge < -0.3 is 19.5 Å². The summed E-state index contributed by atoms with van der Waals surface area (Å²) >= 11 is 9.26.